The molecule has 56 heavy (non-hydrogen) atoms. The summed E-state index contributed by atoms with van der Waals surface area (Å²) >= 11 is 6.26. The van der Waals surface area contributed by atoms with Gasteiger partial charge in [-0.1, -0.05) is 70.0 Å². The van der Waals surface area contributed by atoms with E-state index in [1.165, 1.54) is 13.8 Å². The molecule has 0 bridgehead atoms. The number of nitrogens with one attached hydrogen (secondary N) is 1. The summed E-state index contributed by atoms with van der Waals surface area (Å²) in [5.74, 6) is -1.68. The first-order valence-corrected chi connectivity index (χ1v) is 20.8. The predicted molar refractivity (Wildman–Crippen MR) is 220 cm³/mol. The molecule has 13 nitrogen and oxygen atoms in total. The summed E-state index contributed by atoms with van der Waals surface area (Å²) in [6.45, 7) is 16.1. The highest BCUT2D eigenvalue weighted by Crippen LogP contribution is 2.31. The van der Waals surface area contributed by atoms with Gasteiger partial charge in [0.2, 0.25) is 0 Å². The zero-order chi connectivity index (χ0) is 41.9. The Balaban J connectivity index is 1.61. The molecule has 320 valence electrons. The SMILES string of the molecule is CCC[C@@H](C)CN(C)[C@H](C)[C@@H](O)[C@](C)(O)[C@@H](CC)OC(=O)[C@H](C)[C@@H](O)[C@H](C)[C@H](O)O[C@@H]1O[C@H](C)C[C@H](N(C)C)[C@H]1OCCCNc1nc(Cl)cc2ccccc12. The molecule has 14 heteroatoms. The van der Waals surface area contributed by atoms with E-state index in [0.717, 1.165) is 30.2 Å². The second-order valence-corrected chi connectivity index (χ2v) is 16.8. The van der Waals surface area contributed by atoms with Gasteiger partial charge < -0.3 is 54.5 Å². The van der Waals surface area contributed by atoms with Gasteiger partial charge in [0.1, 0.15) is 34.9 Å². The van der Waals surface area contributed by atoms with Crippen LogP contribution in [-0.4, -0.2) is 143 Å². The largest absolute Gasteiger partial charge is 0.459 e. The minimum Gasteiger partial charge on any atom is -0.459 e. The lowest BCUT2D eigenvalue weighted by atomic mass is 9.85. The van der Waals surface area contributed by atoms with Crippen molar-refractivity contribution in [3.8, 4) is 0 Å². The Morgan fingerprint density at radius 1 is 1.12 bits per heavy atom. The van der Waals surface area contributed by atoms with Crippen molar-refractivity contribution in [3.05, 3.63) is 35.5 Å². The van der Waals surface area contributed by atoms with Crippen LogP contribution in [0.2, 0.25) is 5.15 Å². The fourth-order valence-corrected chi connectivity index (χ4v) is 7.87. The molecule has 0 spiro atoms. The normalized spacial score (nSPS) is 24.5. The van der Waals surface area contributed by atoms with Gasteiger partial charge in [-0.05, 0) is 91.9 Å². The van der Waals surface area contributed by atoms with Gasteiger partial charge in [0.25, 0.3) is 0 Å². The van der Waals surface area contributed by atoms with Crippen molar-refractivity contribution in [1.82, 2.24) is 14.8 Å². The fourth-order valence-electron chi connectivity index (χ4n) is 7.67. The van der Waals surface area contributed by atoms with Crippen molar-refractivity contribution < 1.29 is 44.2 Å². The highest BCUT2D eigenvalue weighted by Gasteiger charge is 2.46. The number of hydrogen-bond donors (Lipinski definition) is 5. The van der Waals surface area contributed by atoms with Crippen LogP contribution in [-0.2, 0) is 23.7 Å². The number of fused-ring (bicyclic) bond motifs is 1. The Morgan fingerprint density at radius 3 is 2.45 bits per heavy atom. The summed E-state index contributed by atoms with van der Waals surface area (Å²) in [6, 6.07) is 9.21. The van der Waals surface area contributed by atoms with Crippen LogP contribution in [0.4, 0.5) is 5.82 Å². The molecule has 1 aliphatic rings. The lowest BCUT2D eigenvalue weighted by Crippen LogP contribution is -2.59. The first kappa shape index (κ1) is 48.2. The van der Waals surface area contributed by atoms with E-state index in [1.54, 1.807) is 13.8 Å². The summed E-state index contributed by atoms with van der Waals surface area (Å²) in [7, 11) is 5.82. The average Bonchev–Trinajstić information content (AvgIpc) is 3.15. The van der Waals surface area contributed by atoms with Crippen LogP contribution in [0.1, 0.15) is 87.5 Å². The van der Waals surface area contributed by atoms with Crippen molar-refractivity contribution in [1.29, 1.82) is 0 Å². The Morgan fingerprint density at radius 2 is 1.80 bits per heavy atom. The molecular formula is C42H71ClN4O9. The molecule has 0 saturated carbocycles. The number of pyridine rings is 1. The van der Waals surface area contributed by atoms with Crippen LogP contribution in [0, 0.1) is 17.8 Å². The Labute approximate surface area is 340 Å². The third-order valence-electron chi connectivity index (χ3n) is 11.4. The standard InChI is InChI=1S/C42H71ClN4O9/c1-12-17-25(3)24-47(11)29(7)37(49)42(8,52)33(13-2)55-39(50)27(5)35(48)28(6)40(51)56-41-36(32(46(9)10)22-26(4)54-41)53-21-16-20-44-38-31-19-15-14-18-30(31)23-34(43)45-38/h14-15,18-19,23,25-29,32-33,35-37,40-41,48-49,51-52H,12-13,16-17,20-22,24H2,1-11H3,(H,44,45)/t25-,26-,27-,28+,29-,32+,33-,35-,36-,37-,40-,41+,42-/m1/s1. The van der Waals surface area contributed by atoms with Gasteiger partial charge >= 0.3 is 5.97 Å². The lowest BCUT2D eigenvalue weighted by Gasteiger charge is -2.44. The molecule has 1 aromatic heterocycles. The van der Waals surface area contributed by atoms with Gasteiger partial charge in [0.15, 0.2) is 12.6 Å². The monoisotopic (exact) mass is 810 g/mol. The van der Waals surface area contributed by atoms with Gasteiger partial charge in [-0.2, -0.15) is 0 Å². The summed E-state index contributed by atoms with van der Waals surface area (Å²) in [5.41, 5.74) is -1.77. The number of halogens is 1. The smallest absolute Gasteiger partial charge is 0.311 e. The molecule has 0 aliphatic carbocycles. The van der Waals surface area contributed by atoms with Gasteiger partial charge in [-0.25, -0.2) is 4.98 Å². The third kappa shape index (κ3) is 12.9. The van der Waals surface area contributed by atoms with Crippen LogP contribution in [0.5, 0.6) is 0 Å². The van der Waals surface area contributed by atoms with Gasteiger partial charge in [0.05, 0.1) is 18.1 Å². The topological polar surface area (TPSA) is 166 Å². The number of hydrogen-bond acceptors (Lipinski definition) is 13. The molecule has 5 N–H and O–H groups in total. The van der Waals surface area contributed by atoms with Gasteiger partial charge in [0, 0.05) is 43.1 Å². The second-order valence-electron chi connectivity index (χ2n) is 16.5. The Kier molecular flexibility index (Phi) is 19.2. The molecule has 0 radical (unpaired) electrons. The number of ether oxygens (including phenoxy) is 4. The van der Waals surface area contributed by atoms with E-state index in [4.69, 9.17) is 30.5 Å². The molecular weight excluding hydrogens is 740 g/mol. The van der Waals surface area contributed by atoms with E-state index in [0.29, 0.717) is 42.9 Å². The van der Waals surface area contributed by atoms with Crippen LogP contribution in [0.15, 0.2) is 30.3 Å². The number of likely N-dealkylation sites (N-methyl/N-ethyl adjacent to an activating group) is 2. The van der Waals surface area contributed by atoms with Crippen molar-refractivity contribution in [3.63, 3.8) is 0 Å². The quantitative estimate of drug-likeness (QED) is 0.0426. The first-order valence-electron chi connectivity index (χ1n) is 20.4. The number of rotatable bonds is 23. The van der Waals surface area contributed by atoms with Crippen molar-refractivity contribution in [2.24, 2.45) is 17.8 Å². The number of aliphatic hydroxyl groups excluding tert-OH is 3. The third-order valence-corrected chi connectivity index (χ3v) is 11.6. The zero-order valence-corrected chi connectivity index (χ0v) is 36.3. The lowest BCUT2D eigenvalue weighted by molar-refractivity contribution is -0.318. The Bertz CT molecular complexity index is 1490. The van der Waals surface area contributed by atoms with E-state index >= 15 is 0 Å². The van der Waals surface area contributed by atoms with Gasteiger partial charge in [-0.3, -0.25) is 4.79 Å². The van der Waals surface area contributed by atoms with Crippen LogP contribution >= 0.6 is 11.6 Å². The maximum Gasteiger partial charge on any atom is 0.311 e. The van der Waals surface area contributed by atoms with E-state index in [9.17, 15) is 25.2 Å². The van der Waals surface area contributed by atoms with E-state index in [1.807, 2.05) is 75.1 Å². The second kappa shape index (κ2) is 22.3. The molecule has 1 saturated heterocycles. The average molecular weight is 812 g/mol. The number of carbonyl (C=O) groups excluding carboxylic acids is 1. The van der Waals surface area contributed by atoms with Crippen LogP contribution in [0.25, 0.3) is 10.8 Å². The number of carbonyl (C=O) groups is 1. The molecule has 0 amide bonds. The van der Waals surface area contributed by atoms with E-state index in [2.05, 4.69) is 24.1 Å². The molecule has 3 rings (SSSR count). The number of anilines is 1. The summed E-state index contributed by atoms with van der Waals surface area (Å²) in [6.07, 6.45) is -3.23. The minimum absolute atomic E-state index is 0.0899. The van der Waals surface area contributed by atoms with Crippen molar-refractivity contribution >= 4 is 34.2 Å². The highest BCUT2D eigenvalue weighted by molar-refractivity contribution is 6.30. The first-order chi connectivity index (χ1) is 26.3. The molecule has 1 aliphatic heterocycles. The predicted octanol–water partition coefficient (Wildman–Crippen LogP) is 5.30. The number of aromatic nitrogens is 1. The minimum atomic E-state index is -1.77. The maximum atomic E-state index is 13.4. The van der Waals surface area contributed by atoms with Crippen LogP contribution in [0.3, 0.4) is 0 Å². The number of aliphatic hydroxyl groups is 4. The van der Waals surface area contributed by atoms with Gasteiger partial charge in [-0.15, -0.1) is 0 Å². The van der Waals surface area contributed by atoms with E-state index in [-0.39, 0.29) is 18.6 Å². The molecule has 1 aromatic carbocycles. The number of nitrogens with zero attached hydrogens (tertiary/aromatic N) is 3. The van der Waals surface area contributed by atoms with Crippen molar-refractivity contribution in [2.45, 2.75) is 148 Å². The van der Waals surface area contributed by atoms with E-state index < -0.39 is 66.4 Å². The summed E-state index contributed by atoms with van der Waals surface area (Å²) < 4.78 is 24.4. The number of benzene rings is 1. The summed E-state index contributed by atoms with van der Waals surface area (Å²) in [4.78, 5) is 22.0. The Hall–Kier alpha value is -2.17. The fraction of sp³-hybridized carbons (Fsp3) is 0.762. The van der Waals surface area contributed by atoms with Crippen molar-refractivity contribution in [2.75, 3.05) is 46.2 Å². The molecule has 2 aromatic rings. The van der Waals surface area contributed by atoms with Crippen LogP contribution < -0.4 is 5.32 Å². The molecule has 2 heterocycles. The molecule has 0 unspecified atom stereocenters. The molecule has 1 fully saturated rings. The molecule has 13 atom stereocenters. The summed E-state index contributed by atoms with van der Waals surface area (Å²) in [5, 5.41) is 51.2. The highest BCUT2D eigenvalue weighted by atomic mass is 35.5. The number of esters is 1. The maximum absolute atomic E-state index is 13.4. The zero-order valence-electron chi connectivity index (χ0n) is 35.5.